The van der Waals surface area contributed by atoms with Gasteiger partial charge in [-0.15, -0.1) is 11.3 Å². The van der Waals surface area contributed by atoms with Crippen LogP contribution < -0.4 is 5.32 Å². The molecule has 1 aliphatic rings. The fourth-order valence-electron chi connectivity index (χ4n) is 2.76. The molecule has 2 heterocycles. The predicted molar refractivity (Wildman–Crippen MR) is 93.3 cm³/mol. The molecule has 23 heavy (non-hydrogen) atoms. The van der Waals surface area contributed by atoms with Gasteiger partial charge in [-0.3, -0.25) is 9.69 Å². The largest absolute Gasteiger partial charge is 0.390 e. The van der Waals surface area contributed by atoms with Crippen molar-refractivity contribution in [2.24, 2.45) is 0 Å². The third kappa shape index (κ3) is 5.57. The SMILES string of the molecule is CCCc1sc(C(=O)NCC(O)CN2CCOCC2)cc1CC. The molecule has 0 saturated carbocycles. The molecule has 1 aromatic rings. The Labute approximate surface area is 142 Å². The van der Waals surface area contributed by atoms with Gasteiger partial charge in [0.1, 0.15) is 0 Å². The Morgan fingerprint density at radius 1 is 1.43 bits per heavy atom. The minimum absolute atomic E-state index is 0.0759. The molecule has 0 aromatic carbocycles. The van der Waals surface area contributed by atoms with E-state index in [1.807, 2.05) is 6.07 Å². The summed E-state index contributed by atoms with van der Waals surface area (Å²) in [6.45, 7) is 8.26. The second-order valence-electron chi connectivity index (χ2n) is 5.94. The molecule has 5 nitrogen and oxygen atoms in total. The number of aryl methyl sites for hydroxylation is 2. The lowest BCUT2D eigenvalue weighted by Crippen LogP contribution is -2.44. The number of nitrogens with zero attached hydrogens (tertiary/aromatic N) is 1. The number of thiophene rings is 1. The molecule has 0 radical (unpaired) electrons. The monoisotopic (exact) mass is 340 g/mol. The first-order valence-electron chi connectivity index (χ1n) is 8.52. The van der Waals surface area contributed by atoms with Gasteiger partial charge in [-0.05, 0) is 24.5 Å². The van der Waals surface area contributed by atoms with E-state index >= 15 is 0 Å². The predicted octanol–water partition coefficient (Wildman–Crippen LogP) is 1.69. The zero-order chi connectivity index (χ0) is 16.7. The second-order valence-corrected chi connectivity index (χ2v) is 7.08. The van der Waals surface area contributed by atoms with Crippen molar-refractivity contribution in [3.63, 3.8) is 0 Å². The molecule has 1 fully saturated rings. The zero-order valence-electron chi connectivity index (χ0n) is 14.1. The molecule has 2 rings (SSSR count). The summed E-state index contributed by atoms with van der Waals surface area (Å²) in [6, 6.07) is 2.00. The molecule has 1 unspecified atom stereocenters. The minimum Gasteiger partial charge on any atom is -0.390 e. The van der Waals surface area contributed by atoms with Gasteiger partial charge < -0.3 is 15.2 Å². The van der Waals surface area contributed by atoms with Gasteiger partial charge in [-0.1, -0.05) is 20.3 Å². The number of amides is 1. The van der Waals surface area contributed by atoms with Gasteiger partial charge in [0.15, 0.2) is 0 Å². The fraction of sp³-hybridized carbons (Fsp3) is 0.706. The number of aliphatic hydroxyl groups excluding tert-OH is 1. The van der Waals surface area contributed by atoms with Crippen molar-refractivity contribution in [2.75, 3.05) is 39.4 Å². The maximum absolute atomic E-state index is 12.3. The Balaban J connectivity index is 1.81. The Morgan fingerprint density at radius 3 is 2.83 bits per heavy atom. The summed E-state index contributed by atoms with van der Waals surface area (Å²) in [4.78, 5) is 16.5. The van der Waals surface area contributed by atoms with E-state index in [1.165, 1.54) is 10.4 Å². The van der Waals surface area contributed by atoms with Crippen molar-refractivity contribution >= 4 is 17.2 Å². The Bertz CT molecular complexity index is 498. The third-order valence-electron chi connectivity index (χ3n) is 4.05. The molecule has 1 atom stereocenters. The molecule has 1 saturated heterocycles. The molecule has 0 aliphatic carbocycles. The summed E-state index contributed by atoms with van der Waals surface area (Å²) < 4.78 is 5.29. The molecule has 130 valence electrons. The van der Waals surface area contributed by atoms with E-state index < -0.39 is 6.10 Å². The van der Waals surface area contributed by atoms with E-state index in [1.54, 1.807) is 11.3 Å². The number of carbonyl (C=O) groups excluding carboxylic acids is 1. The molecule has 1 aromatic heterocycles. The highest BCUT2D eigenvalue weighted by atomic mass is 32.1. The molecule has 2 N–H and O–H groups in total. The van der Waals surface area contributed by atoms with Crippen molar-refractivity contribution < 1.29 is 14.6 Å². The van der Waals surface area contributed by atoms with Crippen molar-refractivity contribution in [3.8, 4) is 0 Å². The van der Waals surface area contributed by atoms with Crippen LogP contribution in [0.2, 0.25) is 0 Å². The number of carbonyl (C=O) groups is 1. The standard InChI is InChI=1S/C17H28N2O3S/c1-3-5-15-13(4-2)10-16(23-15)17(21)18-11-14(20)12-19-6-8-22-9-7-19/h10,14,20H,3-9,11-12H2,1-2H3,(H,18,21). The van der Waals surface area contributed by atoms with E-state index in [2.05, 4.69) is 24.1 Å². The van der Waals surface area contributed by atoms with Crippen molar-refractivity contribution in [1.29, 1.82) is 0 Å². The number of aliphatic hydroxyl groups is 1. The van der Waals surface area contributed by atoms with Gasteiger partial charge in [0.05, 0.1) is 24.2 Å². The lowest BCUT2D eigenvalue weighted by Gasteiger charge is -2.28. The maximum atomic E-state index is 12.3. The number of hydrogen-bond donors (Lipinski definition) is 2. The molecule has 1 amide bonds. The average Bonchev–Trinajstić information content (AvgIpc) is 2.97. The van der Waals surface area contributed by atoms with E-state index in [4.69, 9.17) is 4.74 Å². The first kappa shape index (κ1) is 18.4. The van der Waals surface area contributed by atoms with Crippen LogP contribution in [0.25, 0.3) is 0 Å². The van der Waals surface area contributed by atoms with Crippen LogP contribution >= 0.6 is 11.3 Å². The van der Waals surface area contributed by atoms with Crippen molar-refractivity contribution in [3.05, 3.63) is 21.4 Å². The molecule has 6 heteroatoms. The first-order valence-corrected chi connectivity index (χ1v) is 9.33. The van der Waals surface area contributed by atoms with Crippen LogP contribution in [0.3, 0.4) is 0 Å². The number of rotatable bonds is 8. The van der Waals surface area contributed by atoms with Crippen LogP contribution in [0.1, 0.15) is 40.4 Å². The van der Waals surface area contributed by atoms with Crippen molar-refractivity contribution in [2.45, 2.75) is 39.2 Å². The van der Waals surface area contributed by atoms with Gasteiger partial charge in [0, 0.05) is 31.1 Å². The topological polar surface area (TPSA) is 61.8 Å². The van der Waals surface area contributed by atoms with Crippen LogP contribution in [0, 0.1) is 0 Å². The summed E-state index contributed by atoms with van der Waals surface area (Å²) in [5, 5.41) is 13.0. The molecule has 0 spiro atoms. The van der Waals surface area contributed by atoms with Crippen LogP contribution in [0.5, 0.6) is 0 Å². The summed E-state index contributed by atoms with van der Waals surface area (Å²) in [5.74, 6) is -0.0759. The summed E-state index contributed by atoms with van der Waals surface area (Å²) in [5.41, 5.74) is 1.27. The van der Waals surface area contributed by atoms with Crippen LogP contribution in [0.15, 0.2) is 6.07 Å². The van der Waals surface area contributed by atoms with E-state index in [9.17, 15) is 9.90 Å². The van der Waals surface area contributed by atoms with E-state index in [0.29, 0.717) is 26.3 Å². The highest BCUT2D eigenvalue weighted by molar-refractivity contribution is 7.14. The van der Waals surface area contributed by atoms with Gasteiger partial charge in [0.25, 0.3) is 5.91 Å². The number of hydrogen-bond acceptors (Lipinski definition) is 5. The van der Waals surface area contributed by atoms with Gasteiger partial charge in [-0.25, -0.2) is 0 Å². The lowest BCUT2D eigenvalue weighted by atomic mass is 10.1. The summed E-state index contributed by atoms with van der Waals surface area (Å²) in [7, 11) is 0. The summed E-state index contributed by atoms with van der Waals surface area (Å²) in [6.07, 6.45) is 2.53. The molecular formula is C17H28N2O3S. The number of β-amino-alcohol motifs (C(OH)–C–C–N with tert-alkyl or cyclic N) is 1. The average molecular weight is 340 g/mol. The van der Waals surface area contributed by atoms with Gasteiger partial charge >= 0.3 is 0 Å². The second kappa shape index (κ2) is 9.37. The van der Waals surface area contributed by atoms with Crippen LogP contribution in [0.4, 0.5) is 0 Å². The number of ether oxygens (including phenoxy) is 1. The lowest BCUT2D eigenvalue weighted by molar-refractivity contribution is 0.0149. The highest BCUT2D eigenvalue weighted by Crippen LogP contribution is 2.24. The molecular weight excluding hydrogens is 312 g/mol. The quantitative estimate of drug-likeness (QED) is 0.756. The van der Waals surface area contributed by atoms with Crippen molar-refractivity contribution in [1.82, 2.24) is 10.2 Å². The minimum atomic E-state index is -0.544. The molecule has 1 aliphatic heterocycles. The van der Waals surface area contributed by atoms with Crippen LogP contribution in [-0.4, -0.2) is 61.4 Å². The number of morpholine rings is 1. The van der Waals surface area contributed by atoms with Gasteiger partial charge in [0.2, 0.25) is 0 Å². The van der Waals surface area contributed by atoms with Crippen LogP contribution in [-0.2, 0) is 17.6 Å². The summed E-state index contributed by atoms with van der Waals surface area (Å²) >= 11 is 1.58. The third-order valence-corrected chi connectivity index (χ3v) is 5.29. The molecule has 0 bridgehead atoms. The number of nitrogens with one attached hydrogen (secondary N) is 1. The Kier molecular flexibility index (Phi) is 7.49. The normalized spacial score (nSPS) is 17.2. The van der Waals surface area contributed by atoms with E-state index in [0.717, 1.165) is 37.2 Å². The smallest absolute Gasteiger partial charge is 0.261 e. The van der Waals surface area contributed by atoms with E-state index in [-0.39, 0.29) is 5.91 Å². The Hall–Kier alpha value is -0.950. The fourth-order valence-corrected chi connectivity index (χ4v) is 4.03. The first-order chi connectivity index (χ1) is 11.1. The maximum Gasteiger partial charge on any atom is 0.261 e. The zero-order valence-corrected chi connectivity index (χ0v) is 15.0. The van der Waals surface area contributed by atoms with Gasteiger partial charge in [-0.2, -0.15) is 0 Å². The Morgan fingerprint density at radius 2 is 2.17 bits per heavy atom. The highest BCUT2D eigenvalue weighted by Gasteiger charge is 2.17.